The maximum absolute atomic E-state index is 12.2. The summed E-state index contributed by atoms with van der Waals surface area (Å²) in [4.78, 5) is 6.84. The van der Waals surface area contributed by atoms with Crippen LogP contribution in [0, 0.1) is 11.8 Å². The molecule has 2 N–H and O–H groups in total. The van der Waals surface area contributed by atoms with Gasteiger partial charge in [-0.2, -0.15) is 0 Å². The average molecular weight is 531 g/mol. The summed E-state index contributed by atoms with van der Waals surface area (Å²) in [6, 6.07) is 0. The van der Waals surface area contributed by atoms with E-state index in [1.54, 1.807) is 0 Å². The first-order valence-electron chi connectivity index (χ1n) is 10.5. The van der Waals surface area contributed by atoms with Gasteiger partial charge in [-0.3, -0.25) is 4.99 Å². The number of halogens is 1. The van der Waals surface area contributed by atoms with Crippen molar-refractivity contribution in [2.45, 2.75) is 59.0 Å². The van der Waals surface area contributed by atoms with E-state index in [1.165, 1.54) is 12.8 Å². The Kier molecular flexibility index (Phi) is 12.2. The minimum absolute atomic E-state index is 0. The Morgan fingerprint density at radius 1 is 1.29 bits per heavy atom. The van der Waals surface area contributed by atoms with Gasteiger partial charge in [0.25, 0.3) is 0 Å². The summed E-state index contributed by atoms with van der Waals surface area (Å²) in [6.45, 7) is 10.7. The third-order valence-corrected chi connectivity index (χ3v) is 6.48. The fraction of sp³-hybridized carbons (Fsp3) is 0.947. The standard InChI is InChI=1S/C19H38N4O3S.HI/c1-4-20-19(23-10-8-17(15-23)13-16(2)3)21-9-12-27(24,25)22-14-18-7-5-6-11-26-18;/h16-18,22H,4-15H2,1-3H3,(H,20,21);1H. The van der Waals surface area contributed by atoms with Gasteiger partial charge < -0.3 is 15.0 Å². The van der Waals surface area contributed by atoms with Crippen LogP contribution in [0.25, 0.3) is 0 Å². The maximum atomic E-state index is 12.2. The minimum Gasteiger partial charge on any atom is -0.377 e. The summed E-state index contributed by atoms with van der Waals surface area (Å²) in [5.74, 6) is 2.26. The number of hydrogen-bond donors (Lipinski definition) is 2. The largest absolute Gasteiger partial charge is 0.377 e. The van der Waals surface area contributed by atoms with E-state index in [1.807, 2.05) is 6.92 Å². The number of likely N-dealkylation sites (tertiary alicyclic amines) is 1. The van der Waals surface area contributed by atoms with Crippen molar-refractivity contribution in [3.63, 3.8) is 0 Å². The average Bonchev–Trinajstić information content (AvgIpc) is 3.08. The molecule has 2 heterocycles. The first kappa shape index (κ1) is 25.9. The Bertz CT molecular complexity index is 566. The van der Waals surface area contributed by atoms with E-state index in [9.17, 15) is 8.42 Å². The fourth-order valence-corrected chi connectivity index (χ4v) is 4.76. The molecule has 166 valence electrons. The van der Waals surface area contributed by atoms with E-state index < -0.39 is 10.0 Å². The van der Waals surface area contributed by atoms with E-state index >= 15 is 0 Å². The third kappa shape index (κ3) is 9.58. The molecule has 0 aromatic rings. The molecule has 28 heavy (non-hydrogen) atoms. The Balaban J connectivity index is 0.00000392. The molecule has 2 rings (SSSR count). The van der Waals surface area contributed by atoms with Crippen LogP contribution in [0.15, 0.2) is 4.99 Å². The van der Waals surface area contributed by atoms with Gasteiger partial charge in [-0.05, 0) is 50.9 Å². The van der Waals surface area contributed by atoms with Crippen molar-refractivity contribution in [2.75, 3.05) is 45.1 Å². The molecule has 2 aliphatic rings. The lowest BCUT2D eigenvalue weighted by molar-refractivity contribution is 0.0200. The Hall–Kier alpha value is -0.130. The molecule has 0 aliphatic carbocycles. The van der Waals surface area contributed by atoms with Crippen molar-refractivity contribution in [3.05, 3.63) is 0 Å². The van der Waals surface area contributed by atoms with Gasteiger partial charge in [-0.1, -0.05) is 13.8 Å². The summed E-state index contributed by atoms with van der Waals surface area (Å²) < 4.78 is 32.7. The van der Waals surface area contributed by atoms with Crippen molar-refractivity contribution in [1.82, 2.24) is 14.9 Å². The van der Waals surface area contributed by atoms with Crippen LogP contribution in [0.4, 0.5) is 0 Å². The summed E-state index contributed by atoms with van der Waals surface area (Å²) >= 11 is 0. The molecule has 0 radical (unpaired) electrons. The molecule has 0 aromatic heterocycles. The van der Waals surface area contributed by atoms with Crippen molar-refractivity contribution >= 4 is 40.0 Å². The van der Waals surface area contributed by atoms with Crippen LogP contribution in [0.3, 0.4) is 0 Å². The highest BCUT2D eigenvalue weighted by Crippen LogP contribution is 2.23. The second kappa shape index (κ2) is 13.2. The molecule has 0 aromatic carbocycles. The SMILES string of the molecule is CCNC(=NCCS(=O)(=O)NCC1CCCCO1)N1CCC(CC(C)C)C1.I. The van der Waals surface area contributed by atoms with Gasteiger partial charge in [0, 0.05) is 32.8 Å². The van der Waals surface area contributed by atoms with E-state index in [0.717, 1.165) is 51.5 Å². The highest BCUT2D eigenvalue weighted by atomic mass is 127. The number of nitrogens with zero attached hydrogens (tertiary/aromatic N) is 2. The lowest BCUT2D eigenvalue weighted by Crippen LogP contribution is -2.41. The molecule has 9 heteroatoms. The van der Waals surface area contributed by atoms with Crippen molar-refractivity contribution in [1.29, 1.82) is 0 Å². The van der Waals surface area contributed by atoms with Gasteiger partial charge in [0.2, 0.25) is 10.0 Å². The van der Waals surface area contributed by atoms with Crippen LogP contribution in [-0.2, 0) is 14.8 Å². The molecule has 2 saturated heterocycles. The van der Waals surface area contributed by atoms with Crippen LogP contribution in [0.2, 0.25) is 0 Å². The van der Waals surface area contributed by atoms with Crippen LogP contribution in [-0.4, -0.2) is 70.5 Å². The molecular weight excluding hydrogens is 491 g/mol. The lowest BCUT2D eigenvalue weighted by atomic mass is 9.97. The van der Waals surface area contributed by atoms with Crippen LogP contribution in [0.5, 0.6) is 0 Å². The van der Waals surface area contributed by atoms with Crippen molar-refractivity contribution in [3.8, 4) is 0 Å². The van der Waals surface area contributed by atoms with E-state index in [-0.39, 0.29) is 42.4 Å². The number of sulfonamides is 1. The van der Waals surface area contributed by atoms with Crippen LogP contribution < -0.4 is 10.0 Å². The summed E-state index contributed by atoms with van der Waals surface area (Å²) in [5.41, 5.74) is 0. The number of hydrogen-bond acceptors (Lipinski definition) is 4. The highest BCUT2D eigenvalue weighted by Gasteiger charge is 2.25. The topological polar surface area (TPSA) is 83.0 Å². The predicted molar refractivity (Wildman–Crippen MR) is 126 cm³/mol. The van der Waals surface area contributed by atoms with Gasteiger partial charge in [-0.25, -0.2) is 13.1 Å². The fourth-order valence-electron chi connectivity index (χ4n) is 3.84. The first-order valence-corrected chi connectivity index (χ1v) is 12.2. The lowest BCUT2D eigenvalue weighted by Gasteiger charge is -2.23. The molecule has 0 spiro atoms. The number of nitrogens with one attached hydrogen (secondary N) is 2. The summed E-state index contributed by atoms with van der Waals surface area (Å²) in [7, 11) is -3.33. The molecule has 2 unspecified atom stereocenters. The summed E-state index contributed by atoms with van der Waals surface area (Å²) in [6.07, 6.45) is 5.53. The van der Waals surface area contributed by atoms with Gasteiger partial charge in [0.15, 0.2) is 5.96 Å². The molecular formula is C19H39IN4O3S. The van der Waals surface area contributed by atoms with E-state index in [4.69, 9.17) is 4.74 Å². The number of ether oxygens (including phenoxy) is 1. The zero-order valence-corrected chi connectivity index (χ0v) is 20.8. The normalized spacial score (nSPS) is 23.7. The Labute approximate surface area is 188 Å². The highest BCUT2D eigenvalue weighted by molar-refractivity contribution is 14.0. The third-order valence-electron chi connectivity index (χ3n) is 5.15. The minimum atomic E-state index is -3.33. The quantitative estimate of drug-likeness (QED) is 0.272. The number of rotatable bonds is 9. The van der Waals surface area contributed by atoms with Gasteiger partial charge in [-0.15, -0.1) is 24.0 Å². The predicted octanol–water partition coefficient (Wildman–Crippen LogP) is 2.43. The summed E-state index contributed by atoms with van der Waals surface area (Å²) in [5, 5.41) is 3.31. The van der Waals surface area contributed by atoms with Gasteiger partial charge >= 0.3 is 0 Å². The van der Waals surface area contributed by atoms with Crippen molar-refractivity contribution in [2.24, 2.45) is 16.8 Å². The molecule has 2 atom stereocenters. The van der Waals surface area contributed by atoms with Gasteiger partial charge in [0.1, 0.15) is 0 Å². The molecule has 2 fully saturated rings. The second-order valence-electron chi connectivity index (χ2n) is 8.12. The second-order valence-corrected chi connectivity index (χ2v) is 10.0. The van der Waals surface area contributed by atoms with Crippen LogP contribution in [0.1, 0.15) is 52.9 Å². The first-order chi connectivity index (χ1) is 12.9. The smallest absolute Gasteiger partial charge is 0.213 e. The van der Waals surface area contributed by atoms with E-state index in [0.29, 0.717) is 18.4 Å². The Morgan fingerprint density at radius 2 is 2.07 bits per heavy atom. The number of aliphatic imine (C=N–C) groups is 1. The zero-order chi connectivity index (χ0) is 19.7. The van der Waals surface area contributed by atoms with Crippen molar-refractivity contribution < 1.29 is 13.2 Å². The van der Waals surface area contributed by atoms with E-state index in [2.05, 4.69) is 33.8 Å². The molecule has 7 nitrogen and oxygen atoms in total. The van der Waals surface area contributed by atoms with Gasteiger partial charge in [0.05, 0.1) is 18.4 Å². The molecule has 0 amide bonds. The molecule has 0 bridgehead atoms. The van der Waals surface area contributed by atoms with Crippen LogP contribution >= 0.6 is 24.0 Å². The monoisotopic (exact) mass is 530 g/mol. The number of guanidine groups is 1. The zero-order valence-electron chi connectivity index (χ0n) is 17.7. The molecule has 0 saturated carbocycles. The molecule has 2 aliphatic heterocycles. The Morgan fingerprint density at radius 3 is 2.71 bits per heavy atom. The maximum Gasteiger partial charge on any atom is 0.213 e.